The molecule has 8 rings (SSSR count). The van der Waals surface area contributed by atoms with Gasteiger partial charge in [-0.2, -0.15) is 0 Å². The maximum atomic E-state index is 11.7. The molecule has 292 valence electrons. The molecule has 0 aromatic rings. The van der Waals surface area contributed by atoms with Crippen LogP contribution in [0.15, 0.2) is 0 Å². The van der Waals surface area contributed by atoms with Crippen LogP contribution in [-0.2, 0) is 28.4 Å². The maximum Gasteiger partial charge on any atom is 0.187 e. The normalized spacial score (nSPS) is 61.4. The zero-order chi connectivity index (χ0) is 36.4. The molecule has 8 aliphatic rings. The van der Waals surface area contributed by atoms with Crippen molar-refractivity contribution in [1.29, 1.82) is 0 Å². The van der Waals surface area contributed by atoms with E-state index in [2.05, 4.69) is 27.7 Å². The molecule has 12 heteroatoms. The van der Waals surface area contributed by atoms with Crippen molar-refractivity contribution in [2.75, 3.05) is 6.61 Å². The molecule has 4 saturated heterocycles. The van der Waals surface area contributed by atoms with Gasteiger partial charge in [0, 0.05) is 12.3 Å². The Balaban J connectivity index is 1.04. The molecule has 0 amide bonds. The van der Waals surface area contributed by atoms with Crippen molar-refractivity contribution in [3.63, 3.8) is 0 Å². The fourth-order valence-corrected chi connectivity index (χ4v) is 13.1. The summed E-state index contributed by atoms with van der Waals surface area (Å²) in [5.74, 6) is 2.22. The van der Waals surface area contributed by atoms with Gasteiger partial charge in [-0.25, -0.2) is 0 Å². The Morgan fingerprint density at radius 3 is 2.02 bits per heavy atom. The summed E-state index contributed by atoms with van der Waals surface area (Å²) in [5, 5.41) is 65.0. The third kappa shape index (κ3) is 5.83. The smallest absolute Gasteiger partial charge is 0.187 e. The number of hydrogen-bond donors (Lipinski definition) is 6. The molecule has 23 atom stereocenters. The average Bonchev–Trinajstić information content (AvgIpc) is 3.54. The number of hydrogen-bond acceptors (Lipinski definition) is 12. The predicted octanol–water partition coefficient (Wildman–Crippen LogP) is 2.47. The van der Waals surface area contributed by atoms with Crippen molar-refractivity contribution in [1.82, 2.24) is 0 Å². The van der Waals surface area contributed by atoms with Crippen LogP contribution in [0.4, 0.5) is 0 Å². The second-order valence-corrected chi connectivity index (χ2v) is 18.8. The molecule has 8 fully saturated rings. The Morgan fingerprint density at radius 2 is 1.31 bits per heavy atom. The minimum atomic E-state index is -1.59. The van der Waals surface area contributed by atoms with E-state index in [0.717, 1.165) is 58.0 Å². The van der Waals surface area contributed by atoms with Crippen molar-refractivity contribution in [3.05, 3.63) is 0 Å². The SMILES string of the molecule is C[C@@H]1CC[C@@]2(OC1)O[C@H]1C[C@H]3[C@@H]4C[C@H](O[C@@H]5O[C@H](C)[C@@H](O)[C@H](O[C@@H]6O[C@@H](C)[C@H](O)[C@@H](O)[C@H]6O)[C@H]5O)[C@H]5C[C@@H](O)CC[C@]5(C)[C@H]4CC[C@]3(C)[C@H]1[C@@H]2C. The molecular formula is C39H64O12. The number of fused-ring (bicyclic) bond motifs is 7. The zero-order valence-electron chi connectivity index (χ0n) is 31.3. The van der Waals surface area contributed by atoms with E-state index in [-0.39, 0.29) is 29.0 Å². The largest absolute Gasteiger partial charge is 0.393 e. The Labute approximate surface area is 302 Å². The molecule has 6 N–H and O–H groups in total. The van der Waals surface area contributed by atoms with Crippen LogP contribution in [0, 0.1) is 52.3 Å². The van der Waals surface area contributed by atoms with Crippen LogP contribution in [0.25, 0.3) is 0 Å². The minimum absolute atomic E-state index is 0.0575. The summed E-state index contributed by atoms with van der Waals surface area (Å²) >= 11 is 0. The van der Waals surface area contributed by atoms with Crippen LogP contribution in [0.3, 0.4) is 0 Å². The Bertz CT molecular complexity index is 1260. The second-order valence-electron chi connectivity index (χ2n) is 18.8. The van der Waals surface area contributed by atoms with Crippen LogP contribution >= 0.6 is 0 Å². The molecule has 4 aliphatic heterocycles. The van der Waals surface area contributed by atoms with Gasteiger partial charge in [-0.05, 0) is 112 Å². The first-order valence-electron chi connectivity index (χ1n) is 20.1. The summed E-state index contributed by atoms with van der Waals surface area (Å²) in [6.45, 7) is 13.5. The van der Waals surface area contributed by atoms with E-state index < -0.39 is 73.3 Å². The molecule has 0 radical (unpaired) electrons. The Morgan fingerprint density at radius 1 is 0.627 bits per heavy atom. The van der Waals surface area contributed by atoms with Gasteiger partial charge in [0.2, 0.25) is 0 Å². The zero-order valence-corrected chi connectivity index (χ0v) is 31.3. The van der Waals surface area contributed by atoms with Crippen LogP contribution in [-0.4, -0.2) is 123 Å². The first-order valence-corrected chi connectivity index (χ1v) is 20.1. The van der Waals surface area contributed by atoms with Crippen molar-refractivity contribution in [3.8, 4) is 0 Å². The van der Waals surface area contributed by atoms with E-state index in [1.807, 2.05) is 0 Å². The van der Waals surface area contributed by atoms with Gasteiger partial charge in [0.25, 0.3) is 0 Å². The summed E-state index contributed by atoms with van der Waals surface area (Å²) in [6.07, 6.45) is -4.60. The monoisotopic (exact) mass is 724 g/mol. The molecule has 0 bridgehead atoms. The highest BCUT2D eigenvalue weighted by Gasteiger charge is 2.70. The number of aliphatic hydroxyl groups is 6. The lowest BCUT2D eigenvalue weighted by Crippen LogP contribution is -2.64. The van der Waals surface area contributed by atoms with Gasteiger partial charge in [0.15, 0.2) is 18.4 Å². The van der Waals surface area contributed by atoms with Crippen LogP contribution in [0.2, 0.25) is 0 Å². The summed E-state index contributed by atoms with van der Waals surface area (Å²) in [5.41, 5.74) is 0.0492. The van der Waals surface area contributed by atoms with Crippen LogP contribution < -0.4 is 0 Å². The molecule has 0 aromatic carbocycles. The molecule has 1 spiro atoms. The lowest BCUT2D eigenvalue weighted by atomic mass is 9.43. The Hall–Kier alpha value is -0.480. The molecule has 4 heterocycles. The quantitative estimate of drug-likeness (QED) is 0.234. The van der Waals surface area contributed by atoms with E-state index in [4.69, 9.17) is 28.4 Å². The molecule has 4 aliphatic carbocycles. The van der Waals surface area contributed by atoms with Gasteiger partial charge in [0.05, 0.1) is 37.1 Å². The topological polar surface area (TPSA) is 177 Å². The molecular weight excluding hydrogens is 660 g/mol. The van der Waals surface area contributed by atoms with E-state index in [1.54, 1.807) is 13.8 Å². The van der Waals surface area contributed by atoms with Crippen LogP contribution in [0.5, 0.6) is 0 Å². The highest BCUT2D eigenvalue weighted by Crippen LogP contribution is 2.71. The first-order chi connectivity index (χ1) is 24.1. The molecule has 4 saturated carbocycles. The van der Waals surface area contributed by atoms with Crippen molar-refractivity contribution < 1.29 is 59.1 Å². The van der Waals surface area contributed by atoms with Gasteiger partial charge >= 0.3 is 0 Å². The summed E-state index contributed by atoms with van der Waals surface area (Å²) in [6, 6.07) is 0. The molecule has 0 unspecified atom stereocenters. The fraction of sp³-hybridized carbons (Fsp3) is 1.00. The first kappa shape index (κ1) is 37.4. The summed E-state index contributed by atoms with van der Waals surface area (Å²) in [4.78, 5) is 0. The number of rotatable bonds is 4. The van der Waals surface area contributed by atoms with E-state index in [0.29, 0.717) is 41.9 Å². The van der Waals surface area contributed by atoms with Gasteiger partial charge in [-0.15, -0.1) is 0 Å². The lowest BCUT2D eigenvalue weighted by Gasteiger charge is -2.63. The summed E-state index contributed by atoms with van der Waals surface area (Å²) in [7, 11) is 0. The van der Waals surface area contributed by atoms with Crippen molar-refractivity contribution in [2.45, 2.75) is 185 Å². The predicted molar refractivity (Wildman–Crippen MR) is 182 cm³/mol. The van der Waals surface area contributed by atoms with Gasteiger partial charge in [-0.3, -0.25) is 0 Å². The third-order valence-corrected chi connectivity index (χ3v) is 16.1. The number of ether oxygens (including phenoxy) is 6. The second kappa shape index (κ2) is 13.3. The summed E-state index contributed by atoms with van der Waals surface area (Å²) < 4.78 is 38.2. The highest BCUT2D eigenvalue weighted by atomic mass is 16.7. The number of aliphatic hydroxyl groups excluding tert-OH is 6. The standard InChI is InChI=1S/C39H64O12/c1-17-7-12-39(46-16-17)18(2)28-27(51-39)15-24-22-14-26(25-13-21(40)8-10-37(25,5)23(22)9-11-38(24,28)6)49-36-33(45)34(30(42)20(4)48-36)50-35-32(44)31(43)29(41)19(3)47-35/h17-36,40-45H,7-16H2,1-6H3/t17-,18+,19+,20-,21+,22-,23+,24+,25-,26+,27+,28+,29+,30-,31-,32-,33-,34+,35+,36+,37-,38+,39-/m1/s1. The Kier molecular flexibility index (Phi) is 9.79. The highest BCUT2D eigenvalue weighted by molar-refractivity contribution is 5.16. The van der Waals surface area contributed by atoms with Gasteiger partial charge in [-0.1, -0.05) is 27.7 Å². The van der Waals surface area contributed by atoms with E-state index >= 15 is 0 Å². The average molecular weight is 725 g/mol. The molecule has 12 nitrogen and oxygen atoms in total. The van der Waals surface area contributed by atoms with Gasteiger partial charge < -0.3 is 59.1 Å². The molecule has 51 heavy (non-hydrogen) atoms. The fourth-order valence-electron chi connectivity index (χ4n) is 13.1. The minimum Gasteiger partial charge on any atom is -0.393 e. The van der Waals surface area contributed by atoms with Crippen molar-refractivity contribution in [2.24, 2.45) is 52.3 Å². The van der Waals surface area contributed by atoms with Crippen molar-refractivity contribution >= 4 is 0 Å². The third-order valence-electron chi connectivity index (χ3n) is 16.1. The van der Waals surface area contributed by atoms with E-state index in [9.17, 15) is 30.6 Å². The maximum absolute atomic E-state index is 11.7. The van der Waals surface area contributed by atoms with E-state index in [1.165, 1.54) is 0 Å². The van der Waals surface area contributed by atoms with Gasteiger partial charge in [0.1, 0.15) is 36.6 Å². The van der Waals surface area contributed by atoms with Crippen LogP contribution in [0.1, 0.15) is 99.3 Å². The molecule has 0 aromatic heterocycles. The lowest BCUT2D eigenvalue weighted by molar-refractivity contribution is -0.363.